The van der Waals surface area contributed by atoms with E-state index >= 15 is 0 Å². The Morgan fingerprint density at radius 1 is 1.17 bits per heavy atom. The molecule has 2 heterocycles. The third kappa shape index (κ3) is 4.71. The Hall–Kier alpha value is -1.50. The number of nitrogens with zero attached hydrogens (tertiary/aromatic N) is 1. The van der Waals surface area contributed by atoms with E-state index in [0.717, 1.165) is 23.0 Å². The van der Waals surface area contributed by atoms with Crippen LogP contribution in [0, 0.1) is 6.92 Å². The van der Waals surface area contributed by atoms with Crippen molar-refractivity contribution in [2.75, 3.05) is 13.1 Å². The topological polar surface area (TPSA) is 48.0 Å². The third-order valence-electron chi connectivity index (χ3n) is 6.02. The lowest BCUT2D eigenvalue weighted by Gasteiger charge is -2.32. The minimum Gasteiger partial charge on any atom is -0.444 e. The molecule has 0 N–H and O–H groups in total. The number of benzene rings is 1. The van der Waals surface area contributed by atoms with Crippen molar-refractivity contribution in [1.29, 1.82) is 0 Å². The Morgan fingerprint density at radius 3 is 2.27 bits per heavy atom. The van der Waals surface area contributed by atoms with Crippen molar-refractivity contribution in [3.05, 3.63) is 34.4 Å². The Bertz CT molecular complexity index is 857. The minimum atomic E-state index is -0.502. The van der Waals surface area contributed by atoms with Gasteiger partial charge in [0.2, 0.25) is 0 Å². The maximum atomic E-state index is 12.4. The fourth-order valence-corrected chi connectivity index (χ4v) is 4.03. The molecule has 2 aliphatic heterocycles. The standard InChI is InChI=1S/C23H33BClNO4/c1-15-13-17(25)14-18(24-29-22(5,6)23(7,8)30-24)19(15)16-9-11-26(12-10-16)20(27)28-21(2,3)4/h9,13-14H,10-12H2,1-8H3. The maximum Gasteiger partial charge on any atom is 0.495 e. The first-order valence-corrected chi connectivity index (χ1v) is 10.9. The SMILES string of the molecule is Cc1cc(Cl)cc(B2OC(C)(C)C(C)(C)O2)c1C1=CCN(C(=O)OC(C)(C)C)CC1. The molecule has 0 aliphatic carbocycles. The van der Waals surface area contributed by atoms with E-state index in [9.17, 15) is 4.79 Å². The van der Waals surface area contributed by atoms with Crippen LogP contribution in [0.1, 0.15) is 66.0 Å². The molecule has 0 aromatic heterocycles. The second-order valence-electron chi connectivity index (χ2n) is 10.2. The number of hydrogen-bond donors (Lipinski definition) is 0. The predicted octanol–water partition coefficient (Wildman–Crippen LogP) is 4.97. The Balaban J connectivity index is 1.90. The van der Waals surface area contributed by atoms with Crippen LogP contribution in [-0.2, 0) is 14.0 Å². The van der Waals surface area contributed by atoms with Gasteiger partial charge in [0.15, 0.2) is 0 Å². The van der Waals surface area contributed by atoms with Gasteiger partial charge in [-0.1, -0.05) is 17.7 Å². The first-order chi connectivity index (χ1) is 13.7. The Kier molecular flexibility index (Phi) is 6.09. The summed E-state index contributed by atoms with van der Waals surface area (Å²) in [6, 6.07) is 3.90. The van der Waals surface area contributed by atoms with Gasteiger partial charge >= 0.3 is 13.2 Å². The van der Waals surface area contributed by atoms with Crippen molar-refractivity contribution in [2.45, 2.75) is 78.6 Å². The van der Waals surface area contributed by atoms with E-state index in [4.69, 9.17) is 25.6 Å². The van der Waals surface area contributed by atoms with Gasteiger partial charge in [-0.2, -0.15) is 0 Å². The summed E-state index contributed by atoms with van der Waals surface area (Å²) in [5.74, 6) is 0. The highest BCUT2D eigenvalue weighted by atomic mass is 35.5. The largest absolute Gasteiger partial charge is 0.495 e. The zero-order chi connectivity index (χ0) is 22.5. The molecule has 0 radical (unpaired) electrons. The summed E-state index contributed by atoms with van der Waals surface area (Å²) < 4.78 is 18.1. The summed E-state index contributed by atoms with van der Waals surface area (Å²) in [5.41, 5.74) is 2.92. The molecule has 1 saturated heterocycles. The van der Waals surface area contributed by atoms with Crippen molar-refractivity contribution in [2.24, 2.45) is 0 Å². The van der Waals surface area contributed by atoms with Gasteiger partial charge in [0.25, 0.3) is 0 Å². The zero-order valence-corrected chi connectivity index (χ0v) is 20.1. The number of hydrogen-bond acceptors (Lipinski definition) is 4. The van der Waals surface area contributed by atoms with E-state index < -0.39 is 23.9 Å². The average molecular weight is 434 g/mol. The number of carbonyl (C=O) groups excluding carboxylic acids is 1. The molecule has 1 fully saturated rings. The van der Waals surface area contributed by atoms with Gasteiger partial charge in [-0.25, -0.2) is 4.79 Å². The van der Waals surface area contributed by atoms with Gasteiger partial charge in [-0.15, -0.1) is 0 Å². The second-order valence-corrected chi connectivity index (χ2v) is 10.6. The molecule has 1 aromatic rings. The van der Waals surface area contributed by atoms with Crippen molar-refractivity contribution in [3.63, 3.8) is 0 Å². The van der Waals surface area contributed by atoms with Crippen LogP contribution in [0.15, 0.2) is 18.2 Å². The van der Waals surface area contributed by atoms with Crippen LogP contribution in [0.4, 0.5) is 4.79 Å². The Labute approximate surface area is 185 Å². The van der Waals surface area contributed by atoms with Gasteiger partial charge in [0.1, 0.15) is 5.60 Å². The summed E-state index contributed by atoms with van der Waals surface area (Å²) in [7, 11) is -0.493. The molecule has 1 aromatic carbocycles. The van der Waals surface area contributed by atoms with E-state index in [1.807, 2.05) is 60.6 Å². The van der Waals surface area contributed by atoms with Crippen molar-refractivity contribution < 1.29 is 18.8 Å². The monoisotopic (exact) mass is 433 g/mol. The molecule has 7 heteroatoms. The molecule has 0 atom stereocenters. The van der Waals surface area contributed by atoms with Crippen LogP contribution >= 0.6 is 11.6 Å². The Morgan fingerprint density at radius 2 is 1.77 bits per heavy atom. The van der Waals surface area contributed by atoms with Crippen molar-refractivity contribution in [1.82, 2.24) is 4.90 Å². The summed E-state index contributed by atoms with van der Waals surface area (Å²) in [6.07, 6.45) is 2.55. The molecule has 0 saturated carbocycles. The predicted molar refractivity (Wildman–Crippen MR) is 122 cm³/mol. The third-order valence-corrected chi connectivity index (χ3v) is 6.24. The normalized spacial score (nSPS) is 20.9. The van der Waals surface area contributed by atoms with Gasteiger partial charge in [0.05, 0.1) is 11.2 Å². The molecule has 5 nitrogen and oxygen atoms in total. The molecule has 1 amide bonds. The van der Waals surface area contributed by atoms with E-state index in [1.54, 1.807) is 4.90 Å². The van der Waals surface area contributed by atoms with Gasteiger partial charge in [0, 0.05) is 18.1 Å². The molecule has 3 rings (SSSR count). The molecular formula is C23H33BClNO4. The lowest BCUT2D eigenvalue weighted by molar-refractivity contribution is 0.00578. The highest BCUT2D eigenvalue weighted by Crippen LogP contribution is 2.38. The smallest absolute Gasteiger partial charge is 0.444 e. The van der Waals surface area contributed by atoms with Crippen molar-refractivity contribution in [3.8, 4) is 0 Å². The summed E-state index contributed by atoms with van der Waals surface area (Å²) in [6.45, 7) is 17.0. The molecule has 0 unspecified atom stereocenters. The van der Waals surface area contributed by atoms with Crippen LogP contribution in [0.5, 0.6) is 0 Å². The maximum absolute atomic E-state index is 12.4. The van der Waals surface area contributed by atoms with Crippen LogP contribution < -0.4 is 5.46 Å². The number of amides is 1. The summed E-state index contributed by atoms with van der Waals surface area (Å²) >= 11 is 6.41. The minimum absolute atomic E-state index is 0.281. The van der Waals surface area contributed by atoms with Crippen LogP contribution in [0.3, 0.4) is 0 Å². The lowest BCUT2D eigenvalue weighted by Crippen LogP contribution is -2.41. The summed E-state index contributed by atoms with van der Waals surface area (Å²) in [5, 5.41) is 0.660. The van der Waals surface area contributed by atoms with Gasteiger partial charge < -0.3 is 18.9 Å². The second kappa shape index (κ2) is 7.88. The van der Waals surface area contributed by atoms with Crippen molar-refractivity contribution >= 4 is 35.8 Å². The molecule has 30 heavy (non-hydrogen) atoms. The van der Waals surface area contributed by atoms with E-state index in [1.165, 1.54) is 5.57 Å². The lowest BCUT2D eigenvalue weighted by atomic mass is 9.72. The first-order valence-electron chi connectivity index (χ1n) is 10.5. The van der Waals surface area contributed by atoms with Crippen LogP contribution in [0.2, 0.25) is 5.02 Å². The highest BCUT2D eigenvalue weighted by Gasteiger charge is 2.52. The molecular weight excluding hydrogens is 401 g/mol. The number of carbonyl (C=O) groups is 1. The van der Waals surface area contributed by atoms with E-state index in [-0.39, 0.29) is 6.09 Å². The fourth-order valence-electron chi connectivity index (χ4n) is 3.75. The zero-order valence-electron chi connectivity index (χ0n) is 19.4. The summed E-state index contributed by atoms with van der Waals surface area (Å²) in [4.78, 5) is 14.1. The first kappa shape index (κ1) is 23.2. The number of ether oxygens (including phenoxy) is 1. The molecule has 2 aliphatic rings. The fraction of sp³-hybridized carbons (Fsp3) is 0.609. The van der Waals surface area contributed by atoms with Gasteiger partial charge in [-0.3, -0.25) is 0 Å². The number of halogens is 1. The van der Waals surface area contributed by atoms with E-state index in [0.29, 0.717) is 18.1 Å². The average Bonchev–Trinajstić information content (AvgIpc) is 2.80. The molecule has 0 bridgehead atoms. The highest BCUT2D eigenvalue weighted by molar-refractivity contribution is 6.63. The molecule has 164 valence electrons. The van der Waals surface area contributed by atoms with Gasteiger partial charge in [-0.05, 0) is 96.1 Å². The molecule has 0 spiro atoms. The number of aryl methyl sites for hydroxylation is 1. The quantitative estimate of drug-likeness (QED) is 0.618. The number of rotatable bonds is 2. The van der Waals surface area contributed by atoms with E-state index in [2.05, 4.69) is 13.0 Å². The van der Waals surface area contributed by atoms with Crippen LogP contribution in [0.25, 0.3) is 5.57 Å². The van der Waals surface area contributed by atoms with Crippen LogP contribution in [-0.4, -0.2) is 48.0 Å².